The van der Waals surface area contributed by atoms with E-state index in [9.17, 15) is 0 Å². The highest BCUT2D eigenvalue weighted by Crippen LogP contribution is 2.23. The van der Waals surface area contributed by atoms with Crippen LogP contribution in [0, 0.1) is 0 Å². The lowest BCUT2D eigenvalue weighted by Gasteiger charge is -2.06. The Kier molecular flexibility index (Phi) is 2.50. The summed E-state index contributed by atoms with van der Waals surface area (Å²) in [5, 5.41) is 3.16. The summed E-state index contributed by atoms with van der Waals surface area (Å²) in [6, 6.07) is 0. The predicted octanol–water partition coefficient (Wildman–Crippen LogP) is 1.40. The monoisotopic (exact) mass is 184 g/mol. The summed E-state index contributed by atoms with van der Waals surface area (Å²) in [5.74, 6) is 0.147. The Bertz CT molecular complexity index is 311. The number of hydrogen-bond acceptors (Lipinski definition) is 4. The van der Waals surface area contributed by atoms with Crippen molar-refractivity contribution < 1.29 is 0 Å². The summed E-state index contributed by atoms with van der Waals surface area (Å²) in [5.41, 5.74) is 6.62. The Morgan fingerprint density at radius 3 is 2.75 bits per heavy atom. The average molecular weight is 185 g/mol. The van der Waals surface area contributed by atoms with Gasteiger partial charge in [0.15, 0.2) is 5.15 Å². The van der Waals surface area contributed by atoms with Crippen LogP contribution in [0.15, 0.2) is 6.58 Å². The maximum atomic E-state index is 5.77. The number of nitrogens with two attached hydrogens (primary N) is 1. The molecule has 5 heteroatoms. The van der Waals surface area contributed by atoms with Crippen molar-refractivity contribution in [2.75, 3.05) is 18.1 Å². The van der Waals surface area contributed by atoms with Crippen LogP contribution in [0.1, 0.15) is 5.69 Å². The maximum absolute atomic E-state index is 5.77. The predicted molar refractivity (Wildman–Crippen MR) is 51.1 cm³/mol. The van der Waals surface area contributed by atoms with Crippen LogP contribution in [-0.2, 0) is 0 Å². The van der Waals surface area contributed by atoms with Crippen molar-refractivity contribution in [3.63, 3.8) is 0 Å². The summed E-state index contributed by atoms with van der Waals surface area (Å²) in [6.45, 7) is 3.58. The fourth-order valence-electron chi connectivity index (χ4n) is 0.845. The van der Waals surface area contributed by atoms with Gasteiger partial charge >= 0.3 is 0 Å². The number of nitrogens with one attached hydrogen (secondary N) is 1. The molecule has 1 aromatic heterocycles. The summed E-state index contributed by atoms with van der Waals surface area (Å²) >= 11 is 5.77. The first kappa shape index (κ1) is 8.80. The third-order valence-electron chi connectivity index (χ3n) is 1.35. The average Bonchev–Trinajstić information content (AvgIpc) is 2.03. The van der Waals surface area contributed by atoms with Gasteiger partial charge in [-0.05, 0) is 6.08 Å². The second-order valence-corrected chi connectivity index (χ2v) is 2.44. The van der Waals surface area contributed by atoms with E-state index >= 15 is 0 Å². The molecule has 0 aliphatic carbocycles. The lowest BCUT2D eigenvalue weighted by atomic mass is 10.3. The number of rotatable bonds is 2. The maximum Gasteiger partial charge on any atom is 0.222 e. The molecule has 64 valence electrons. The number of hydrogen-bond donors (Lipinski definition) is 2. The fraction of sp³-hybridized carbons (Fsp3) is 0.143. The highest BCUT2D eigenvalue weighted by Gasteiger charge is 2.06. The minimum absolute atomic E-state index is 0.147. The van der Waals surface area contributed by atoms with Gasteiger partial charge in [0, 0.05) is 7.05 Å². The number of nitrogen functional groups attached to an aromatic ring is 1. The molecule has 0 saturated heterocycles. The van der Waals surface area contributed by atoms with Crippen LogP contribution in [0.2, 0.25) is 5.15 Å². The Labute approximate surface area is 75.5 Å². The highest BCUT2D eigenvalue weighted by atomic mass is 35.5. The molecule has 0 atom stereocenters. The van der Waals surface area contributed by atoms with E-state index < -0.39 is 0 Å². The van der Waals surface area contributed by atoms with Gasteiger partial charge in [0.2, 0.25) is 5.95 Å². The standard InChI is InChI=1S/C7H9ClN4/c1-3-4-5(10-2)6(8)12-7(9)11-4/h3,10H,1H2,2H3,(H2,9,11,12). The molecule has 0 amide bonds. The van der Waals surface area contributed by atoms with Crippen molar-refractivity contribution in [3.05, 3.63) is 17.4 Å². The molecule has 0 aliphatic heterocycles. The van der Waals surface area contributed by atoms with Gasteiger partial charge in [0.1, 0.15) is 0 Å². The van der Waals surface area contributed by atoms with Crippen molar-refractivity contribution >= 4 is 29.3 Å². The van der Waals surface area contributed by atoms with Crippen molar-refractivity contribution in [1.29, 1.82) is 0 Å². The van der Waals surface area contributed by atoms with Gasteiger partial charge < -0.3 is 11.1 Å². The van der Waals surface area contributed by atoms with Gasteiger partial charge in [-0.3, -0.25) is 0 Å². The van der Waals surface area contributed by atoms with Crippen LogP contribution < -0.4 is 11.1 Å². The number of nitrogens with zero attached hydrogens (tertiary/aromatic N) is 2. The SMILES string of the molecule is C=Cc1nc(N)nc(Cl)c1NC. The highest BCUT2D eigenvalue weighted by molar-refractivity contribution is 6.32. The van der Waals surface area contributed by atoms with Crippen molar-refractivity contribution in [3.8, 4) is 0 Å². The van der Waals surface area contributed by atoms with Crippen molar-refractivity contribution in [1.82, 2.24) is 9.97 Å². The second kappa shape index (κ2) is 3.40. The molecule has 3 N–H and O–H groups in total. The molecule has 0 aromatic carbocycles. The molecular weight excluding hydrogens is 176 g/mol. The van der Waals surface area contributed by atoms with Gasteiger partial charge in [-0.2, -0.15) is 4.98 Å². The molecule has 0 saturated carbocycles. The Morgan fingerprint density at radius 1 is 1.58 bits per heavy atom. The Hall–Kier alpha value is -1.29. The molecule has 0 fully saturated rings. The smallest absolute Gasteiger partial charge is 0.222 e. The molecule has 0 spiro atoms. The first-order valence-electron chi connectivity index (χ1n) is 3.32. The lowest BCUT2D eigenvalue weighted by molar-refractivity contribution is 1.16. The normalized spacial score (nSPS) is 9.50. The van der Waals surface area contributed by atoms with Crippen molar-refractivity contribution in [2.45, 2.75) is 0 Å². The van der Waals surface area contributed by atoms with Gasteiger partial charge in [-0.1, -0.05) is 18.2 Å². The van der Waals surface area contributed by atoms with E-state index in [0.29, 0.717) is 16.5 Å². The third kappa shape index (κ3) is 1.48. The molecule has 0 aliphatic rings. The molecule has 1 rings (SSSR count). The zero-order chi connectivity index (χ0) is 9.14. The Balaban J connectivity index is 3.33. The van der Waals surface area contributed by atoms with E-state index in [1.54, 1.807) is 13.1 Å². The third-order valence-corrected chi connectivity index (χ3v) is 1.63. The van der Waals surface area contributed by atoms with Crippen LogP contribution in [0.3, 0.4) is 0 Å². The topological polar surface area (TPSA) is 63.8 Å². The van der Waals surface area contributed by atoms with Crippen LogP contribution in [-0.4, -0.2) is 17.0 Å². The molecule has 1 aromatic rings. The van der Waals surface area contributed by atoms with Gasteiger partial charge in [0.25, 0.3) is 0 Å². The fourth-order valence-corrected chi connectivity index (χ4v) is 1.12. The largest absolute Gasteiger partial charge is 0.384 e. The number of anilines is 2. The minimum Gasteiger partial charge on any atom is -0.384 e. The summed E-state index contributed by atoms with van der Waals surface area (Å²) in [6.07, 6.45) is 1.57. The molecule has 4 nitrogen and oxygen atoms in total. The van der Waals surface area contributed by atoms with Crippen LogP contribution in [0.4, 0.5) is 11.6 Å². The van der Waals surface area contributed by atoms with E-state index in [1.165, 1.54) is 0 Å². The molecule has 0 radical (unpaired) electrons. The first-order chi connectivity index (χ1) is 5.69. The van der Waals surface area contributed by atoms with E-state index in [4.69, 9.17) is 17.3 Å². The molecular formula is C7H9ClN4. The summed E-state index contributed by atoms with van der Waals surface area (Å²) < 4.78 is 0. The zero-order valence-corrected chi connectivity index (χ0v) is 7.39. The van der Waals surface area contributed by atoms with E-state index in [2.05, 4.69) is 21.9 Å². The zero-order valence-electron chi connectivity index (χ0n) is 6.63. The molecule has 0 unspecified atom stereocenters. The summed E-state index contributed by atoms with van der Waals surface area (Å²) in [4.78, 5) is 7.70. The second-order valence-electron chi connectivity index (χ2n) is 2.09. The van der Waals surface area contributed by atoms with Gasteiger partial charge in [-0.25, -0.2) is 4.98 Å². The lowest BCUT2D eigenvalue weighted by Crippen LogP contribution is -2.02. The number of aromatic nitrogens is 2. The number of halogens is 1. The quantitative estimate of drug-likeness (QED) is 0.682. The molecule has 0 bridgehead atoms. The van der Waals surface area contributed by atoms with Gasteiger partial charge in [-0.15, -0.1) is 0 Å². The molecule has 12 heavy (non-hydrogen) atoms. The van der Waals surface area contributed by atoms with Crippen LogP contribution in [0.5, 0.6) is 0 Å². The van der Waals surface area contributed by atoms with Crippen LogP contribution in [0.25, 0.3) is 6.08 Å². The van der Waals surface area contributed by atoms with Crippen molar-refractivity contribution in [2.24, 2.45) is 0 Å². The summed E-state index contributed by atoms with van der Waals surface area (Å²) in [7, 11) is 1.73. The van der Waals surface area contributed by atoms with E-state index in [1.807, 2.05) is 0 Å². The van der Waals surface area contributed by atoms with E-state index in [0.717, 1.165) is 0 Å². The van der Waals surface area contributed by atoms with E-state index in [-0.39, 0.29) is 5.95 Å². The van der Waals surface area contributed by atoms with Crippen LogP contribution >= 0.6 is 11.6 Å². The first-order valence-corrected chi connectivity index (χ1v) is 3.70. The molecule has 1 heterocycles. The van der Waals surface area contributed by atoms with Gasteiger partial charge in [0.05, 0.1) is 11.4 Å². The Morgan fingerprint density at radius 2 is 2.25 bits per heavy atom. The minimum atomic E-state index is 0.147.